The Hall–Kier alpha value is -4.46. The van der Waals surface area contributed by atoms with E-state index in [2.05, 4.69) is 65.3 Å². The van der Waals surface area contributed by atoms with E-state index < -0.39 is 42.0 Å². The standard InChI is InChI=1S/C21H34BN4O9.C11H10.C2H6/c23-13-6-4-12(5-7-13)18(30)25-11-16(27)24-10-2-1-3-14(19(31)32)22-21(35)26-15(20(33)34)8-9-17(28)29;1-9-5-4-7-10-6-2-3-8-11(9)10;1-2/h12-15H,1-11,23H2,(H,24,27)(H,25,30)(H,26,35)(H,28,29)(H,31,32)(H,33,34);2-8H,1H3;1-2H3/t12?,13?,14-,15?;;/m0../s1. The van der Waals surface area contributed by atoms with Gasteiger partial charge in [-0.1, -0.05) is 62.7 Å². The van der Waals surface area contributed by atoms with Crippen LogP contribution in [0.15, 0.2) is 42.5 Å². The summed E-state index contributed by atoms with van der Waals surface area (Å²) in [5.41, 5.74) is 7.17. The van der Waals surface area contributed by atoms with Crippen LogP contribution >= 0.6 is 0 Å². The van der Waals surface area contributed by atoms with Crippen molar-refractivity contribution in [3.8, 4) is 0 Å². The monoisotopic (exact) mass is 669 g/mol. The van der Waals surface area contributed by atoms with Gasteiger partial charge in [0.05, 0.1) is 6.54 Å². The largest absolute Gasteiger partial charge is 0.482 e. The number of hydrogen-bond donors (Lipinski definition) is 7. The topological polar surface area (TPSA) is 225 Å². The van der Waals surface area contributed by atoms with Gasteiger partial charge in [0.2, 0.25) is 19.1 Å². The van der Waals surface area contributed by atoms with Crippen LogP contribution in [-0.4, -0.2) is 83.3 Å². The summed E-state index contributed by atoms with van der Waals surface area (Å²) in [5.74, 6) is -6.68. The van der Waals surface area contributed by atoms with E-state index in [0.29, 0.717) is 25.7 Å². The molecule has 0 heterocycles. The molecule has 8 N–H and O–H groups in total. The minimum Gasteiger partial charge on any atom is -0.482 e. The van der Waals surface area contributed by atoms with Crippen LogP contribution in [-0.2, 0) is 24.0 Å². The second-order valence-electron chi connectivity index (χ2n) is 11.4. The zero-order valence-electron chi connectivity index (χ0n) is 28.1. The molecular weight excluding hydrogens is 619 g/mol. The van der Waals surface area contributed by atoms with Crippen LogP contribution in [0.2, 0.25) is 5.82 Å². The number of benzene rings is 2. The van der Waals surface area contributed by atoms with Crippen LogP contribution < -0.4 is 21.7 Å². The number of carbonyl (C=O) groups excluding carboxylic acids is 3. The molecule has 2 aromatic carbocycles. The number of fused-ring (bicyclic) bond motifs is 1. The first-order chi connectivity index (χ1) is 22.9. The second kappa shape index (κ2) is 23.0. The van der Waals surface area contributed by atoms with E-state index in [1.165, 1.54) is 16.3 Å². The van der Waals surface area contributed by atoms with Gasteiger partial charge in [0.25, 0.3) is 5.97 Å². The number of aryl methyl sites for hydroxylation is 1. The normalized spacial score (nSPS) is 16.3. The molecule has 1 aliphatic carbocycles. The second-order valence-corrected chi connectivity index (χ2v) is 11.4. The summed E-state index contributed by atoms with van der Waals surface area (Å²) in [6, 6.07) is 13.5. The maximum atomic E-state index is 12.1. The van der Waals surface area contributed by atoms with Gasteiger partial charge >= 0.3 is 11.9 Å². The molecule has 1 radical (unpaired) electrons. The molecule has 3 amide bonds. The van der Waals surface area contributed by atoms with Gasteiger partial charge in [0.15, 0.2) is 5.81 Å². The Morgan fingerprint density at radius 3 is 2.10 bits per heavy atom. The van der Waals surface area contributed by atoms with E-state index in [9.17, 15) is 33.9 Å². The van der Waals surface area contributed by atoms with E-state index >= 15 is 0 Å². The first kappa shape index (κ1) is 41.6. The highest BCUT2D eigenvalue weighted by molar-refractivity contribution is 6.77. The number of aliphatic carboxylic acids is 3. The molecule has 0 bridgehead atoms. The summed E-state index contributed by atoms with van der Waals surface area (Å²) in [5, 5.41) is 37.0. The number of carboxylic acid groups (broad SMARTS) is 3. The summed E-state index contributed by atoms with van der Waals surface area (Å²) >= 11 is 0. The fourth-order valence-corrected chi connectivity index (χ4v) is 5.07. The lowest BCUT2D eigenvalue weighted by atomic mass is 9.61. The molecule has 3 rings (SSSR count). The number of nitrogens with two attached hydrogens (primary N) is 1. The Labute approximate surface area is 282 Å². The van der Waals surface area contributed by atoms with Crippen LogP contribution in [0.3, 0.4) is 0 Å². The molecular formula is C34H50BN4O9. The number of carbonyl (C=O) groups is 6. The molecule has 1 fully saturated rings. The Morgan fingerprint density at radius 1 is 0.854 bits per heavy atom. The molecule has 0 saturated heterocycles. The molecule has 1 aliphatic rings. The van der Waals surface area contributed by atoms with Crippen molar-refractivity contribution < 1.29 is 44.1 Å². The Bertz CT molecular complexity index is 1340. The van der Waals surface area contributed by atoms with Crippen molar-refractivity contribution in [1.82, 2.24) is 16.0 Å². The van der Waals surface area contributed by atoms with Crippen molar-refractivity contribution in [2.45, 2.75) is 96.5 Å². The Balaban J connectivity index is 0.000000729. The number of amides is 3. The van der Waals surface area contributed by atoms with Gasteiger partial charge in [-0.15, -0.1) is 0 Å². The molecule has 0 aromatic heterocycles. The van der Waals surface area contributed by atoms with E-state index in [0.717, 1.165) is 20.1 Å². The number of nitrogens with one attached hydrogen (secondary N) is 3. The lowest BCUT2D eigenvalue weighted by Gasteiger charge is -2.25. The summed E-state index contributed by atoms with van der Waals surface area (Å²) in [6.45, 7) is 6.24. The van der Waals surface area contributed by atoms with Gasteiger partial charge in [0.1, 0.15) is 6.04 Å². The van der Waals surface area contributed by atoms with Crippen molar-refractivity contribution in [2.75, 3.05) is 13.1 Å². The molecule has 0 aliphatic heterocycles. The molecule has 1 saturated carbocycles. The third-order valence-corrected chi connectivity index (χ3v) is 7.77. The fraction of sp³-hybridized carbons (Fsp3) is 0.529. The first-order valence-electron chi connectivity index (χ1n) is 16.4. The van der Waals surface area contributed by atoms with Crippen molar-refractivity contribution in [3.05, 3.63) is 48.0 Å². The third kappa shape index (κ3) is 16.4. The summed E-state index contributed by atoms with van der Waals surface area (Å²) in [4.78, 5) is 69.2. The highest BCUT2D eigenvalue weighted by atomic mass is 16.4. The average molecular weight is 670 g/mol. The number of unbranched alkanes of at least 4 members (excludes halogenated alkanes) is 1. The van der Waals surface area contributed by atoms with Gasteiger partial charge in [-0.25, -0.2) is 4.79 Å². The highest BCUT2D eigenvalue weighted by Gasteiger charge is 2.27. The molecule has 0 spiro atoms. The van der Waals surface area contributed by atoms with Gasteiger partial charge in [-0.3, -0.25) is 24.0 Å². The van der Waals surface area contributed by atoms with Crippen LogP contribution in [0.25, 0.3) is 10.8 Å². The van der Waals surface area contributed by atoms with Crippen molar-refractivity contribution in [1.29, 1.82) is 0 Å². The maximum absolute atomic E-state index is 12.1. The van der Waals surface area contributed by atoms with Crippen molar-refractivity contribution in [2.24, 2.45) is 11.7 Å². The molecule has 48 heavy (non-hydrogen) atoms. The summed E-state index contributed by atoms with van der Waals surface area (Å²) in [6.07, 6.45) is 3.03. The molecule has 2 atom stereocenters. The minimum atomic E-state index is -1.45. The molecule has 13 nitrogen and oxygen atoms in total. The SMILES string of the molecule is CC.Cc1cccc2ccccc12.NC1CCC(C(=O)NCC(=O)NCCCC[C@H]([B]C(=O)NC(CCC(=O)O)C(=O)O)C(=O)O)CC1. The van der Waals surface area contributed by atoms with Gasteiger partial charge in [-0.2, -0.15) is 0 Å². The van der Waals surface area contributed by atoms with E-state index in [4.69, 9.17) is 15.9 Å². The zero-order valence-corrected chi connectivity index (χ0v) is 28.1. The van der Waals surface area contributed by atoms with E-state index in [-0.39, 0.29) is 49.7 Å². The number of carboxylic acids is 3. The smallest absolute Gasteiger partial charge is 0.326 e. The fourth-order valence-electron chi connectivity index (χ4n) is 5.07. The molecule has 14 heteroatoms. The van der Waals surface area contributed by atoms with Crippen LogP contribution in [0.4, 0.5) is 4.79 Å². The van der Waals surface area contributed by atoms with E-state index in [1.807, 2.05) is 13.8 Å². The number of hydrogen-bond acceptors (Lipinski definition) is 7. The minimum absolute atomic E-state index is 0.0754. The molecule has 263 valence electrons. The lowest BCUT2D eigenvalue weighted by molar-refractivity contribution is -0.140. The Morgan fingerprint density at radius 2 is 1.50 bits per heavy atom. The summed E-state index contributed by atoms with van der Waals surface area (Å²) < 4.78 is 0. The van der Waals surface area contributed by atoms with E-state index in [1.54, 1.807) is 0 Å². The lowest BCUT2D eigenvalue weighted by Crippen LogP contribution is -2.44. The van der Waals surface area contributed by atoms with Gasteiger partial charge < -0.3 is 37.0 Å². The third-order valence-electron chi connectivity index (χ3n) is 7.77. The summed E-state index contributed by atoms with van der Waals surface area (Å²) in [7, 11) is 0.852. The maximum Gasteiger partial charge on any atom is 0.326 e. The van der Waals surface area contributed by atoms with Crippen molar-refractivity contribution >= 4 is 53.6 Å². The molecule has 2 aromatic rings. The predicted molar refractivity (Wildman–Crippen MR) is 184 cm³/mol. The predicted octanol–water partition coefficient (Wildman–Crippen LogP) is 3.69. The average Bonchev–Trinajstić information content (AvgIpc) is 3.06. The number of rotatable bonds is 16. The first-order valence-corrected chi connectivity index (χ1v) is 16.4. The van der Waals surface area contributed by atoms with Crippen molar-refractivity contribution in [3.63, 3.8) is 0 Å². The van der Waals surface area contributed by atoms with Crippen LogP contribution in [0.5, 0.6) is 0 Å². The Kier molecular flexibility index (Phi) is 19.9. The van der Waals surface area contributed by atoms with Crippen LogP contribution in [0, 0.1) is 12.8 Å². The van der Waals surface area contributed by atoms with Gasteiger partial charge in [0, 0.05) is 30.7 Å². The van der Waals surface area contributed by atoms with Crippen LogP contribution in [0.1, 0.15) is 77.2 Å². The van der Waals surface area contributed by atoms with Gasteiger partial charge in [-0.05, 0) is 68.2 Å². The quantitative estimate of drug-likeness (QED) is 0.101. The highest BCUT2D eigenvalue weighted by Crippen LogP contribution is 2.23. The zero-order chi connectivity index (χ0) is 36.1. The molecule has 1 unspecified atom stereocenters.